The second kappa shape index (κ2) is 5.27. The third kappa shape index (κ3) is 3.03. The summed E-state index contributed by atoms with van der Waals surface area (Å²) in [4.78, 5) is 16.1. The van der Waals surface area contributed by atoms with Gasteiger partial charge in [0.2, 0.25) is 0 Å². The van der Waals surface area contributed by atoms with E-state index in [9.17, 15) is 4.79 Å². The Bertz CT molecular complexity index is 537. The summed E-state index contributed by atoms with van der Waals surface area (Å²) >= 11 is 2.14. The average molecular weight is 338 g/mol. The molecule has 0 aliphatic heterocycles. The van der Waals surface area contributed by atoms with Crippen molar-refractivity contribution in [1.82, 2.24) is 4.98 Å². The highest BCUT2D eigenvalue weighted by atomic mass is 127. The molecule has 1 heterocycles. The van der Waals surface area contributed by atoms with Crippen LogP contribution in [-0.2, 0) is 0 Å². The van der Waals surface area contributed by atoms with Gasteiger partial charge in [-0.2, -0.15) is 0 Å². The van der Waals surface area contributed by atoms with Gasteiger partial charge in [0.1, 0.15) is 5.82 Å². The Kier molecular flexibility index (Phi) is 3.73. The highest BCUT2D eigenvalue weighted by Crippen LogP contribution is 2.13. The zero-order valence-electron chi connectivity index (χ0n) is 9.27. The molecule has 1 aromatic heterocycles. The molecule has 3 nitrogen and oxygen atoms in total. The van der Waals surface area contributed by atoms with E-state index in [4.69, 9.17) is 0 Å². The summed E-state index contributed by atoms with van der Waals surface area (Å²) in [6, 6.07) is 11.2. The monoisotopic (exact) mass is 338 g/mol. The lowest BCUT2D eigenvalue weighted by Gasteiger charge is -2.06. The van der Waals surface area contributed by atoms with E-state index in [-0.39, 0.29) is 5.91 Å². The molecule has 4 heteroatoms. The number of halogens is 1. The normalized spacial score (nSPS) is 10.0. The van der Waals surface area contributed by atoms with Crippen molar-refractivity contribution in [3.05, 3.63) is 57.3 Å². The molecule has 0 saturated carbocycles. The summed E-state index contributed by atoms with van der Waals surface area (Å²) in [6.07, 6.45) is 1.73. The van der Waals surface area contributed by atoms with Gasteiger partial charge in [-0.25, -0.2) is 4.98 Å². The number of anilines is 1. The Morgan fingerprint density at radius 2 is 2.00 bits per heavy atom. The van der Waals surface area contributed by atoms with Gasteiger partial charge in [0.25, 0.3) is 5.91 Å². The molecule has 1 N–H and O–H groups in total. The van der Waals surface area contributed by atoms with Crippen LogP contribution in [0.3, 0.4) is 0 Å². The Morgan fingerprint density at radius 3 is 2.65 bits per heavy atom. The molecule has 0 radical (unpaired) electrons. The number of benzene rings is 1. The minimum absolute atomic E-state index is 0.133. The van der Waals surface area contributed by atoms with Gasteiger partial charge >= 0.3 is 0 Å². The molecule has 0 aliphatic carbocycles. The SMILES string of the molecule is Cc1ccc(NC(=O)c2ccccc2I)nc1. The van der Waals surface area contributed by atoms with Gasteiger partial charge < -0.3 is 5.32 Å². The van der Waals surface area contributed by atoms with Gasteiger partial charge in [-0.15, -0.1) is 0 Å². The number of hydrogen-bond acceptors (Lipinski definition) is 2. The first-order valence-electron chi connectivity index (χ1n) is 5.15. The van der Waals surface area contributed by atoms with E-state index in [2.05, 4.69) is 32.9 Å². The molecule has 0 atom stereocenters. The van der Waals surface area contributed by atoms with Crippen LogP contribution < -0.4 is 5.32 Å². The fraction of sp³-hybridized carbons (Fsp3) is 0.0769. The fourth-order valence-corrected chi connectivity index (χ4v) is 2.00. The standard InChI is InChI=1S/C13H11IN2O/c1-9-6-7-12(15-8-9)16-13(17)10-4-2-3-5-11(10)14/h2-8H,1H3,(H,15,16,17). The van der Waals surface area contributed by atoms with Crippen molar-refractivity contribution in [2.75, 3.05) is 5.32 Å². The highest BCUT2D eigenvalue weighted by molar-refractivity contribution is 14.1. The molecule has 2 aromatic rings. The molecule has 0 bridgehead atoms. The van der Waals surface area contributed by atoms with Gasteiger partial charge in [0, 0.05) is 9.77 Å². The highest BCUT2D eigenvalue weighted by Gasteiger charge is 2.09. The molecule has 1 amide bonds. The van der Waals surface area contributed by atoms with Crippen LogP contribution in [0.25, 0.3) is 0 Å². The molecule has 0 spiro atoms. The van der Waals surface area contributed by atoms with E-state index in [1.54, 1.807) is 18.3 Å². The summed E-state index contributed by atoms with van der Waals surface area (Å²) in [5.41, 5.74) is 1.73. The van der Waals surface area contributed by atoms with Gasteiger partial charge in [-0.05, 0) is 53.3 Å². The maximum atomic E-state index is 12.0. The van der Waals surface area contributed by atoms with Crippen LogP contribution in [-0.4, -0.2) is 10.9 Å². The quantitative estimate of drug-likeness (QED) is 0.854. The Labute approximate surface area is 113 Å². The third-order valence-corrected chi connectivity index (χ3v) is 3.21. The van der Waals surface area contributed by atoms with Crippen LogP contribution >= 0.6 is 22.6 Å². The first-order chi connectivity index (χ1) is 8.16. The van der Waals surface area contributed by atoms with E-state index >= 15 is 0 Å². The van der Waals surface area contributed by atoms with Crippen LogP contribution in [0.2, 0.25) is 0 Å². The maximum Gasteiger partial charge on any atom is 0.257 e. The number of carbonyl (C=O) groups is 1. The molecular weight excluding hydrogens is 327 g/mol. The first kappa shape index (κ1) is 12.0. The van der Waals surface area contributed by atoms with Gasteiger partial charge in [-0.1, -0.05) is 18.2 Å². The summed E-state index contributed by atoms with van der Waals surface area (Å²) in [5.74, 6) is 0.437. The van der Waals surface area contributed by atoms with Crippen molar-refractivity contribution in [2.45, 2.75) is 6.92 Å². The molecule has 0 aliphatic rings. The van der Waals surface area contributed by atoms with Crippen molar-refractivity contribution >= 4 is 34.3 Å². The van der Waals surface area contributed by atoms with E-state index in [0.29, 0.717) is 11.4 Å². The predicted octanol–water partition coefficient (Wildman–Crippen LogP) is 3.25. The number of nitrogens with zero attached hydrogens (tertiary/aromatic N) is 1. The topological polar surface area (TPSA) is 42.0 Å². The van der Waals surface area contributed by atoms with Crippen LogP contribution in [0.1, 0.15) is 15.9 Å². The lowest BCUT2D eigenvalue weighted by atomic mass is 10.2. The smallest absolute Gasteiger partial charge is 0.257 e. The zero-order valence-corrected chi connectivity index (χ0v) is 11.4. The van der Waals surface area contributed by atoms with E-state index in [0.717, 1.165) is 9.13 Å². The molecule has 1 aromatic carbocycles. The average Bonchev–Trinajstić information content (AvgIpc) is 2.32. The lowest BCUT2D eigenvalue weighted by molar-refractivity contribution is 0.102. The van der Waals surface area contributed by atoms with Gasteiger partial charge in [0.15, 0.2) is 0 Å². The second-order valence-corrected chi connectivity index (χ2v) is 4.82. The zero-order chi connectivity index (χ0) is 12.3. The van der Waals surface area contributed by atoms with E-state index < -0.39 is 0 Å². The summed E-state index contributed by atoms with van der Waals surface area (Å²) in [7, 11) is 0. The third-order valence-electron chi connectivity index (χ3n) is 2.27. The van der Waals surface area contributed by atoms with Crippen molar-refractivity contribution < 1.29 is 4.79 Å². The first-order valence-corrected chi connectivity index (χ1v) is 6.23. The number of carbonyl (C=O) groups excluding carboxylic acids is 1. The minimum Gasteiger partial charge on any atom is -0.307 e. The van der Waals surface area contributed by atoms with Crippen molar-refractivity contribution in [1.29, 1.82) is 0 Å². The van der Waals surface area contributed by atoms with Crippen molar-refractivity contribution in [2.24, 2.45) is 0 Å². The number of amides is 1. The molecule has 0 fully saturated rings. The van der Waals surface area contributed by atoms with E-state index in [1.165, 1.54) is 0 Å². The van der Waals surface area contributed by atoms with Gasteiger partial charge in [-0.3, -0.25) is 4.79 Å². The second-order valence-electron chi connectivity index (χ2n) is 3.65. The molecule has 2 rings (SSSR count). The summed E-state index contributed by atoms with van der Waals surface area (Å²) in [5, 5.41) is 2.77. The van der Waals surface area contributed by atoms with Crippen LogP contribution in [0.4, 0.5) is 5.82 Å². The number of pyridine rings is 1. The Hall–Kier alpha value is -1.43. The van der Waals surface area contributed by atoms with Crippen molar-refractivity contribution in [3.63, 3.8) is 0 Å². The minimum atomic E-state index is -0.133. The van der Waals surface area contributed by atoms with Crippen LogP contribution in [0, 0.1) is 10.5 Å². The number of aryl methyl sites for hydroxylation is 1. The Morgan fingerprint density at radius 1 is 1.24 bits per heavy atom. The maximum absolute atomic E-state index is 12.0. The molecule has 0 saturated heterocycles. The largest absolute Gasteiger partial charge is 0.307 e. The Balaban J connectivity index is 2.17. The van der Waals surface area contributed by atoms with Gasteiger partial charge in [0.05, 0.1) is 5.56 Å². The lowest BCUT2D eigenvalue weighted by Crippen LogP contribution is -2.14. The molecule has 17 heavy (non-hydrogen) atoms. The fourth-order valence-electron chi connectivity index (χ4n) is 1.37. The number of nitrogens with one attached hydrogen (secondary N) is 1. The summed E-state index contributed by atoms with van der Waals surface area (Å²) in [6.45, 7) is 1.96. The number of aromatic nitrogens is 1. The number of rotatable bonds is 2. The summed E-state index contributed by atoms with van der Waals surface area (Å²) < 4.78 is 0.926. The van der Waals surface area contributed by atoms with E-state index in [1.807, 2.05) is 31.2 Å². The van der Waals surface area contributed by atoms with Crippen LogP contribution in [0.5, 0.6) is 0 Å². The molecule has 0 unspecified atom stereocenters. The number of hydrogen-bond donors (Lipinski definition) is 1. The molecular formula is C13H11IN2O. The predicted molar refractivity (Wildman–Crippen MR) is 76.1 cm³/mol. The van der Waals surface area contributed by atoms with Crippen molar-refractivity contribution in [3.8, 4) is 0 Å². The molecule has 86 valence electrons. The van der Waals surface area contributed by atoms with Crippen LogP contribution in [0.15, 0.2) is 42.6 Å².